The first-order valence-corrected chi connectivity index (χ1v) is 8.99. The van der Waals surface area contributed by atoms with Crippen LogP contribution in [0.2, 0.25) is 0 Å². The van der Waals surface area contributed by atoms with Gasteiger partial charge in [-0.25, -0.2) is 9.18 Å². The molecular formula is C21H19FN2O5. The second-order valence-corrected chi connectivity index (χ2v) is 6.98. The highest BCUT2D eigenvalue weighted by molar-refractivity contribution is 6.22. The Labute approximate surface area is 166 Å². The van der Waals surface area contributed by atoms with Crippen molar-refractivity contribution in [1.29, 1.82) is 0 Å². The number of ether oxygens (including phenoxy) is 1. The van der Waals surface area contributed by atoms with Crippen LogP contribution in [0, 0.1) is 11.7 Å². The lowest BCUT2D eigenvalue weighted by atomic mass is 10.1. The van der Waals surface area contributed by atoms with Crippen molar-refractivity contribution in [2.24, 2.45) is 5.92 Å². The highest BCUT2D eigenvalue weighted by atomic mass is 19.1. The van der Waals surface area contributed by atoms with E-state index in [1.54, 1.807) is 6.07 Å². The van der Waals surface area contributed by atoms with Gasteiger partial charge in [0.1, 0.15) is 5.82 Å². The Morgan fingerprint density at radius 3 is 2.45 bits per heavy atom. The number of benzene rings is 2. The number of carbonyl (C=O) groups is 4. The molecule has 150 valence electrons. The van der Waals surface area contributed by atoms with Crippen LogP contribution in [-0.2, 0) is 9.53 Å². The summed E-state index contributed by atoms with van der Waals surface area (Å²) in [5.74, 6) is -2.92. The molecular weight excluding hydrogens is 379 g/mol. The minimum absolute atomic E-state index is 0.0274. The maximum Gasteiger partial charge on any atom is 0.338 e. The summed E-state index contributed by atoms with van der Waals surface area (Å²) in [7, 11) is 0. The molecule has 1 aliphatic rings. The van der Waals surface area contributed by atoms with Gasteiger partial charge < -0.3 is 10.1 Å². The van der Waals surface area contributed by atoms with E-state index in [4.69, 9.17) is 4.74 Å². The SMILES string of the molecule is CC(C)CN1C(=O)c2ccc(C(=O)OCC(=O)Nc3ccccc3F)cc2C1=O. The third-order valence-corrected chi connectivity index (χ3v) is 4.24. The van der Waals surface area contributed by atoms with E-state index >= 15 is 0 Å². The third-order valence-electron chi connectivity index (χ3n) is 4.24. The van der Waals surface area contributed by atoms with Crippen LogP contribution >= 0.6 is 0 Å². The number of anilines is 1. The summed E-state index contributed by atoms with van der Waals surface area (Å²) in [6.07, 6.45) is 0. The van der Waals surface area contributed by atoms with Crippen molar-refractivity contribution >= 4 is 29.4 Å². The van der Waals surface area contributed by atoms with Gasteiger partial charge in [-0.2, -0.15) is 0 Å². The van der Waals surface area contributed by atoms with Crippen LogP contribution in [0.3, 0.4) is 0 Å². The highest BCUT2D eigenvalue weighted by Crippen LogP contribution is 2.25. The maximum atomic E-state index is 13.5. The molecule has 8 heteroatoms. The van der Waals surface area contributed by atoms with Gasteiger partial charge in [-0.1, -0.05) is 26.0 Å². The van der Waals surface area contributed by atoms with E-state index in [0.717, 1.165) is 4.90 Å². The smallest absolute Gasteiger partial charge is 0.338 e. The number of hydrogen-bond donors (Lipinski definition) is 1. The number of halogens is 1. The number of esters is 1. The van der Waals surface area contributed by atoms with Crippen LogP contribution < -0.4 is 5.32 Å². The van der Waals surface area contributed by atoms with E-state index < -0.39 is 36.1 Å². The number of hydrogen-bond acceptors (Lipinski definition) is 5. The van der Waals surface area contributed by atoms with E-state index in [0.29, 0.717) is 0 Å². The van der Waals surface area contributed by atoms with Gasteiger partial charge in [0.25, 0.3) is 17.7 Å². The second-order valence-electron chi connectivity index (χ2n) is 6.98. The third kappa shape index (κ3) is 4.31. The van der Waals surface area contributed by atoms with Crippen LogP contribution in [0.25, 0.3) is 0 Å². The summed E-state index contributed by atoms with van der Waals surface area (Å²) in [4.78, 5) is 50.1. The fourth-order valence-electron chi connectivity index (χ4n) is 2.91. The van der Waals surface area contributed by atoms with Gasteiger partial charge in [0.05, 0.1) is 22.4 Å². The van der Waals surface area contributed by atoms with Gasteiger partial charge in [-0.15, -0.1) is 0 Å². The molecule has 29 heavy (non-hydrogen) atoms. The molecule has 2 aromatic carbocycles. The first-order valence-electron chi connectivity index (χ1n) is 8.99. The van der Waals surface area contributed by atoms with Crippen LogP contribution in [0.4, 0.5) is 10.1 Å². The number of fused-ring (bicyclic) bond motifs is 1. The van der Waals surface area contributed by atoms with E-state index in [1.165, 1.54) is 36.4 Å². The predicted octanol–water partition coefficient (Wildman–Crippen LogP) is 2.87. The standard InChI is InChI=1S/C21H19FN2O5/c1-12(2)10-24-19(26)14-8-7-13(9-15(14)20(24)27)21(28)29-11-18(25)23-17-6-4-3-5-16(17)22/h3-9,12H,10-11H2,1-2H3,(H,23,25). The lowest BCUT2D eigenvalue weighted by Crippen LogP contribution is -2.33. The van der Waals surface area contributed by atoms with E-state index in [1.807, 2.05) is 13.8 Å². The molecule has 7 nitrogen and oxygen atoms in total. The van der Waals surface area contributed by atoms with Crippen LogP contribution in [0.15, 0.2) is 42.5 Å². The Bertz CT molecular complexity index is 1000. The van der Waals surface area contributed by atoms with Crippen LogP contribution in [-0.4, -0.2) is 41.7 Å². The minimum atomic E-state index is -0.834. The summed E-state index contributed by atoms with van der Waals surface area (Å²) in [5, 5.41) is 2.30. The van der Waals surface area contributed by atoms with Crippen LogP contribution in [0.5, 0.6) is 0 Å². The number of nitrogens with one attached hydrogen (secondary N) is 1. The van der Waals surface area contributed by atoms with Crippen molar-refractivity contribution < 1.29 is 28.3 Å². The summed E-state index contributed by atoms with van der Waals surface area (Å²) in [6, 6.07) is 9.64. The molecule has 0 atom stereocenters. The number of carbonyl (C=O) groups excluding carboxylic acids is 4. The fourth-order valence-corrected chi connectivity index (χ4v) is 2.91. The molecule has 0 aromatic heterocycles. The van der Waals surface area contributed by atoms with Crippen molar-refractivity contribution in [3.63, 3.8) is 0 Å². The molecule has 1 heterocycles. The molecule has 0 aliphatic carbocycles. The minimum Gasteiger partial charge on any atom is -0.452 e. The lowest BCUT2D eigenvalue weighted by Gasteiger charge is -2.15. The average Bonchev–Trinajstić information content (AvgIpc) is 2.92. The molecule has 1 aliphatic heterocycles. The molecule has 3 amide bonds. The van der Waals surface area contributed by atoms with Crippen molar-refractivity contribution in [2.75, 3.05) is 18.5 Å². The Kier molecular flexibility index (Phi) is 5.72. The first kappa shape index (κ1) is 20.2. The highest BCUT2D eigenvalue weighted by Gasteiger charge is 2.36. The zero-order valence-corrected chi connectivity index (χ0v) is 15.9. The van der Waals surface area contributed by atoms with E-state index in [9.17, 15) is 23.6 Å². The molecule has 2 aromatic rings. The normalized spacial score (nSPS) is 12.9. The van der Waals surface area contributed by atoms with Crippen molar-refractivity contribution in [3.8, 4) is 0 Å². The number of amides is 3. The zero-order chi connectivity index (χ0) is 21.1. The van der Waals surface area contributed by atoms with E-state index in [-0.39, 0.29) is 34.8 Å². The zero-order valence-electron chi connectivity index (χ0n) is 15.9. The second kappa shape index (κ2) is 8.22. The molecule has 0 radical (unpaired) electrons. The predicted molar refractivity (Wildman–Crippen MR) is 102 cm³/mol. The average molecular weight is 398 g/mol. The molecule has 0 spiro atoms. The molecule has 0 saturated carbocycles. The monoisotopic (exact) mass is 398 g/mol. The van der Waals surface area contributed by atoms with Crippen LogP contribution in [0.1, 0.15) is 44.9 Å². The van der Waals surface area contributed by atoms with Gasteiger partial charge in [0.15, 0.2) is 6.61 Å². The Morgan fingerprint density at radius 2 is 1.76 bits per heavy atom. The van der Waals surface area contributed by atoms with Crippen molar-refractivity contribution in [3.05, 3.63) is 65.0 Å². The summed E-state index contributed by atoms with van der Waals surface area (Å²) in [6.45, 7) is 3.43. The van der Waals surface area contributed by atoms with Crippen molar-refractivity contribution in [2.45, 2.75) is 13.8 Å². The largest absolute Gasteiger partial charge is 0.452 e. The Balaban J connectivity index is 1.65. The maximum absolute atomic E-state index is 13.5. The molecule has 0 unspecified atom stereocenters. The first-order chi connectivity index (χ1) is 13.8. The lowest BCUT2D eigenvalue weighted by molar-refractivity contribution is -0.119. The Hall–Kier alpha value is -3.55. The van der Waals surface area contributed by atoms with Gasteiger partial charge in [-0.05, 0) is 36.2 Å². The van der Waals surface area contributed by atoms with Gasteiger partial charge in [0, 0.05) is 6.54 Å². The molecule has 3 rings (SSSR count). The number of para-hydroxylation sites is 1. The van der Waals surface area contributed by atoms with Gasteiger partial charge in [0.2, 0.25) is 0 Å². The summed E-state index contributed by atoms with van der Waals surface area (Å²) >= 11 is 0. The summed E-state index contributed by atoms with van der Waals surface area (Å²) in [5.41, 5.74) is 0.362. The molecule has 0 saturated heterocycles. The van der Waals surface area contributed by atoms with Gasteiger partial charge >= 0.3 is 5.97 Å². The molecule has 0 bridgehead atoms. The summed E-state index contributed by atoms with van der Waals surface area (Å²) < 4.78 is 18.5. The molecule has 1 N–H and O–H groups in total. The Morgan fingerprint density at radius 1 is 1.07 bits per heavy atom. The number of nitrogens with zero attached hydrogens (tertiary/aromatic N) is 1. The number of imide groups is 1. The van der Waals surface area contributed by atoms with E-state index in [2.05, 4.69) is 5.32 Å². The quantitative estimate of drug-likeness (QED) is 0.597. The molecule has 0 fully saturated rings. The number of rotatable bonds is 6. The van der Waals surface area contributed by atoms with Gasteiger partial charge in [-0.3, -0.25) is 19.3 Å². The fraction of sp³-hybridized carbons (Fsp3) is 0.238. The topological polar surface area (TPSA) is 92.8 Å². The van der Waals surface area contributed by atoms with Crippen molar-refractivity contribution in [1.82, 2.24) is 4.90 Å².